The molecule has 0 unspecified atom stereocenters. The van der Waals surface area contributed by atoms with Crippen LogP contribution in [-0.2, 0) is 17.6 Å². The second-order valence-corrected chi connectivity index (χ2v) is 9.91. The second-order valence-electron chi connectivity index (χ2n) is 7.86. The van der Waals surface area contributed by atoms with E-state index in [9.17, 15) is 10.1 Å². The number of rotatable bonds is 4. The van der Waals surface area contributed by atoms with Crippen LogP contribution in [-0.4, -0.2) is 26.8 Å². The van der Waals surface area contributed by atoms with Gasteiger partial charge < -0.3 is 5.32 Å². The number of nitrogens with zero attached hydrogens (tertiary/aromatic N) is 4. The molecule has 6 nitrogen and oxygen atoms in total. The lowest BCUT2D eigenvalue weighted by Gasteiger charge is -2.09. The standard InChI is InChI=1S/C24H17N5OS2/c25-11-17-14-7-1-2-10-18(14)32-23(17)26-19(30)12-31-24-27-21-15-8-3-5-13-6-4-9-16(20(13)15)22(21)28-29-24/h3-6,8-9H,1-2,7,10,12H2,(H,26,30). The number of nitrogens with one attached hydrogen (secondary N) is 1. The summed E-state index contributed by atoms with van der Waals surface area (Å²) in [5, 5.41) is 24.6. The van der Waals surface area contributed by atoms with Crippen LogP contribution in [0.1, 0.15) is 28.8 Å². The number of carbonyl (C=O) groups excluding carboxylic acids is 1. The summed E-state index contributed by atoms with van der Waals surface area (Å²) in [5.74, 6) is -0.00926. The second kappa shape index (κ2) is 7.69. The summed E-state index contributed by atoms with van der Waals surface area (Å²) in [6.07, 6.45) is 4.15. The molecule has 2 aromatic carbocycles. The van der Waals surface area contributed by atoms with E-state index < -0.39 is 0 Å². The molecule has 0 bridgehead atoms. The van der Waals surface area contributed by atoms with Crippen LogP contribution in [0.25, 0.3) is 33.3 Å². The van der Waals surface area contributed by atoms with Crippen molar-refractivity contribution in [3.8, 4) is 28.6 Å². The molecule has 2 aromatic heterocycles. The Labute approximate surface area is 192 Å². The first-order valence-electron chi connectivity index (χ1n) is 10.5. The minimum Gasteiger partial charge on any atom is -0.316 e. The fourth-order valence-electron chi connectivity index (χ4n) is 4.54. The van der Waals surface area contributed by atoms with Crippen molar-refractivity contribution in [2.75, 3.05) is 11.1 Å². The number of hydrogen-bond donors (Lipinski definition) is 1. The van der Waals surface area contributed by atoms with Gasteiger partial charge in [-0.15, -0.1) is 21.5 Å². The summed E-state index contributed by atoms with van der Waals surface area (Å²) in [5.41, 5.74) is 5.45. The third kappa shape index (κ3) is 3.08. The number of amides is 1. The Morgan fingerprint density at radius 2 is 1.88 bits per heavy atom. The van der Waals surface area contributed by atoms with Gasteiger partial charge in [-0.2, -0.15) is 5.26 Å². The number of thiophene rings is 1. The molecule has 8 heteroatoms. The topological polar surface area (TPSA) is 91.6 Å². The van der Waals surface area contributed by atoms with Gasteiger partial charge in [0.15, 0.2) is 0 Å². The molecule has 32 heavy (non-hydrogen) atoms. The quantitative estimate of drug-likeness (QED) is 0.374. The first-order chi connectivity index (χ1) is 15.7. The molecular weight excluding hydrogens is 438 g/mol. The molecule has 1 N–H and O–H groups in total. The Bertz CT molecular complexity index is 1450. The van der Waals surface area contributed by atoms with E-state index in [1.165, 1.54) is 28.0 Å². The Morgan fingerprint density at radius 3 is 2.69 bits per heavy atom. The van der Waals surface area contributed by atoms with Gasteiger partial charge in [0, 0.05) is 21.4 Å². The molecule has 0 aliphatic heterocycles. The minimum atomic E-state index is -0.167. The molecule has 1 amide bonds. The highest BCUT2D eigenvalue weighted by Gasteiger charge is 2.25. The predicted molar refractivity (Wildman–Crippen MR) is 127 cm³/mol. The molecular formula is C24H17N5OS2. The number of aromatic nitrogens is 3. The predicted octanol–water partition coefficient (Wildman–Crippen LogP) is 5.21. The summed E-state index contributed by atoms with van der Waals surface area (Å²) < 4.78 is 0. The first kappa shape index (κ1) is 19.4. The van der Waals surface area contributed by atoms with Gasteiger partial charge in [-0.1, -0.05) is 48.2 Å². The molecule has 2 aliphatic carbocycles. The lowest BCUT2D eigenvalue weighted by atomic mass is 9.96. The molecule has 2 heterocycles. The van der Waals surface area contributed by atoms with Crippen molar-refractivity contribution in [1.29, 1.82) is 5.26 Å². The third-order valence-corrected chi connectivity index (χ3v) is 8.00. The maximum atomic E-state index is 12.6. The zero-order valence-electron chi connectivity index (χ0n) is 17.0. The van der Waals surface area contributed by atoms with E-state index in [-0.39, 0.29) is 11.7 Å². The zero-order valence-corrected chi connectivity index (χ0v) is 18.6. The number of aryl methyl sites for hydroxylation is 1. The van der Waals surface area contributed by atoms with E-state index in [0.29, 0.717) is 15.7 Å². The van der Waals surface area contributed by atoms with Crippen LogP contribution < -0.4 is 5.32 Å². The number of fused-ring (bicyclic) bond motifs is 4. The number of benzene rings is 2. The van der Waals surface area contributed by atoms with Crippen molar-refractivity contribution in [1.82, 2.24) is 15.2 Å². The van der Waals surface area contributed by atoms with Gasteiger partial charge in [0.1, 0.15) is 22.5 Å². The zero-order chi connectivity index (χ0) is 21.7. The Hall–Kier alpha value is -3.28. The van der Waals surface area contributed by atoms with Crippen LogP contribution >= 0.6 is 23.1 Å². The molecule has 2 aliphatic rings. The first-order valence-corrected chi connectivity index (χ1v) is 12.3. The van der Waals surface area contributed by atoms with Gasteiger partial charge in [0.2, 0.25) is 11.1 Å². The summed E-state index contributed by atoms with van der Waals surface area (Å²) in [6.45, 7) is 0. The molecule has 156 valence electrons. The van der Waals surface area contributed by atoms with Gasteiger partial charge in [0.05, 0.1) is 11.3 Å². The Balaban J connectivity index is 1.21. The van der Waals surface area contributed by atoms with Crippen molar-refractivity contribution in [2.45, 2.75) is 30.8 Å². The maximum absolute atomic E-state index is 12.6. The van der Waals surface area contributed by atoms with Crippen LogP contribution in [0, 0.1) is 11.3 Å². The van der Waals surface area contributed by atoms with E-state index >= 15 is 0 Å². The number of anilines is 1. The third-order valence-electron chi connectivity index (χ3n) is 5.95. The van der Waals surface area contributed by atoms with Crippen molar-refractivity contribution in [3.05, 3.63) is 52.4 Å². The molecule has 0 saturated carbocycles. The Kier molecular flexibility index (Phi) is 4.67. The lowest BCUT2D eigenvalue weighted by Crippen LogP contribution is -2.14. The van der Waals surface area contributed by atoms with Crippen LogP contribution in [0.5, 0.6) is 0 Å². The molecule has 0 fully saturated rings. The fourth-order valence-corrected chi connectivity index (χ4v) is 6.38. The highest BCUT2D eigenvalue weighted by molar-refractivity contribution is 7.99. The fraction of sp³-hybridized carbons (Fsp3) is 0.208. The van der Waals surface area contributed by atoms with E-state index in [1.807, 2.05) is 18.2 Å². The SMILES string of the molecule is N#Cc1c(NC(=O)CSc2nnc3c(n2)-c2cccc4cccc-3c24)sc2c1CCCC2. The summed E-state index contributed by atoms with van der Waals surface area (Å²) >= 11 is 2.79. The van der Waals surface area contributed by atoms with Crippen molar-refractivity contribution >= 4 is 44.8 Å². The van der Waals surface area contributed by atoms with Crippen LogP contribution in [0.15, 0.2) is 41.6 Å². The molecule has 0 radical (unpaired) electrons. The average Bonchev–Trinajstić information content (AvgIpc) is 3.34. The minimum absolute atomic E-state index is 0.158. The monoisotopic (exact) mass is 455 g/mol. The van der Waals surface area contributed by atoms with Gasteiger partial charge in [0.25, 0.3) is 0 Å². The van der Waals surface area contributed by atoms with Gasteiger partial charge in [-0.3, -0.25) is 4.79 Å². The summed E-state index contributed by atoms with van der Waals surface area (Å²) in [6, 6.07) is 14.6. The normalized spacial score (nSPS) is 13.5. The van der Waals surface area contributed by atoms with Crippen molar-refractivity contribution < 1.29 is 4.79 Å². The number of thioether (sulfide) groups is 1. The largest absolute Gasteiger partial charge is 0.316 e. The highest BCUT2D eigenvalue weighted by atomic mass is 32.2. The highest BCUT2D eigenvalue weighted by Crippen LogP contribution is 2.45. The maximum Gasteiger partial charge on any atom is 0.235 e. The Morgan fingerprint density at radius 1 is 1.09 bits per heavy atom. The lowest BCUT2D eigenvalue weighted by molar-refractivity contribution is -0.113. The van der Waals surface area contributed by atoms with Gasteiger partial charge in [-0.05, 0) is 36.6 Å². The number of nitriles is 1. The number of carbonyl (C=O) groups is 1. The van der Waals surface area contributed by atoms with Crippen LogP contribution in [0.3, 0.4) is 0 Å². The molecule has 0 atom stereocenters. The van der Waals surface area contributed by atoms with E-state index in [1.54, 1.807) is 0 Å². The van der Waals surface area contributed by atoms with Crippen LogP contribution in [0.4, 0.5) is 5.00 Å². The van der Waals surface area contributed by atoms with E-state index in [4.69, 9.17) is 4.98 Å². The average molecular weight is 456 g/mol. The molecule has 0 saturated heterocycles. The van der Waals surface area contributed by atoms with E-state index in [2.05, 4.69) is 39.8 Å². The summed E-state index contributed by atoms with van der Waals surface area (Å²) in [4.78, 5) is 18.6. The van der Waals surface area contributed by atoms with E-state index in [0.717, 1.165) is 64.5 Å². The molecule has 6 rings (SSSR count). The van der Waals surface area contributed by atoms with Gasteiger partial charge >= 0.3 is 0 Å². The molecule has 4 aromatic rings. The smallest absolute Gasteiger partial charge is 0.235 e. The van der Waals surface area contributed by atoms with Crippen LogP contribution in [0.2, 0.25) is 0 Å². The number of hydrogen-bond acceptors (Lipinski definition) is 7. The van der Waals surface area contributed by atoms with Gasteiger partial charge in [-0.25, -0.2) is 4.98 Å². The summed E-state index contributed by atoms with van der Waals surface area (Å²) in [7, 11) is 0. The molecule has 0 spiro atoms. The van der Waals surface area contributed by atoms with Crippen molar-refractivity contribution in [3.63, 3.8) is 0 Å². The van der Waals surface area contributed by atoms with Crippen molar-refractivity contribution in [2.24, 2.45) is 0 Å².